The molecule has 2 amide bonds. The number of fused-ring (bicyclic) bond motifs is 1. The second-order valence-electron chi connectivity index (χ2n) is 4.93. The fourth-order valence-electron chi connectivity index (χ4n) is 2.29. The van der Waals surface area contributed by atoms with Crippen LogP contribution in [0.4, 0.5) is 5.69 Å². The quantitative estimate of drug-likeness (QED) is 0.886. The number of nitrogens with zero attached hydrogens (tertiary/aromatic N) is 2. The predicted octanol–water partition coefficient (Wildman–Crippen LogP) is 0.975. The van der Waals surface area contributed by atoms with Crippen LogP contribution in [0.2, 0.25) is 0 Å². The van der Waals surface area contributed by atoms with Crippen LogP contribution < -0.4 is 10.6 Å². The number of benzene rings is 1. The number of aromatic nitrogens is 1. The fourth-order valence-corrected chi connectivity index (χ4v) is 3.16. The average Bonchev–Trinajstić information content (AvgIpc) is 2.84. The number of hydrogen-bond acceptors (Lipinski definition) is 5. The molecule has 21 heavy (non-hydrogen) atoms. The number of thiazole rings is 1. The van der Waals surface area contributed by atoms with Gasteiger partial charge in [-0.05, 0) is 25.1 Å². The molecule has 1 aromatic heterocycles. The summed E-state index contributed by atoms with van der Waals surface area (Å²) in [5.74, 6) is -0.165. The first-order valence-corrected chi connectivity index (χ1v) is 7.59. The van der Waals surface area contributed by atoms with E-state index in [0.29, 0.717) is 13.1 Å². The van der Waals surface area contributed by atoms with E-state index in [1.54, 1.807) is 16.2 Å². The lowest BCUT2D eigenvalue weighted by Gasteiger charge is -2.26. The number of anilines is 1. The van der Waals surface area contributed by atoms with Crippen molar-refractivity contribution in [1.29, 1.82) is 0 Å². The molecule has 0 aliphatic carbocycles. The van der Waals surface area contributed by atoms with E-state index in [0.717, 1.165) is 20.9 Å². The number of rotatable bonds is 3. The molecule has 2 aromatic rings. The molecule has 0 bridgehead atoms. The van der Waals surface area contributed by atoms with Crippen LogP contribution in [0.1, 0.15) is 5.01 Å². The molecule has 1 aliphatic heterocycles. The van der Waals surface area contributed by atoms with Gasteiger partial charge in [0.2, 0.25) is 11.8 Å². The van der Waals surface area contributed by atoms with Crippen molar-refractivity contribution < 1.29 is 9.59 Å². The molecule has 7 heteroatoms. The van der Waals surface area contributed by atoms with Crippen LogP contribution in [0.25, 0.3) is 10.2 Å². The van der Waals surface area contributed by atoms with Gasteiger partial charge in [0.15, 0.2) is 0 Å². The molecular formula is C14H16N4O2S. The topological polar surface area (TPSA) is 74.3 Å². The van der Waals surface area contributed by atoms with E-state index in [9.17, 15) is 9.59 Å². The third-order valence-corrected chi connectivity index (χ3v) is 4.26. The van der Waals surface area contributed by atoms with Crippen molar-refractivity contribution in [2.24, 2.45) is 0 Å². The molecule has 1 aliphatic rings. The van der Waals surface area contributed by atoms with E-state index in [4.69, 9.17) is 0 Å². The highest BCUT2D eigenvalue weighted by Gasteiger charge is 2.20. The van der Waals surface area contributed by atoms with E-state index in [1.807, 2.05) is 25.1 Å². The third kappa shape index (κ3) is 3.13. The van der Waals surface area contributed by atoms with Crippen molar-refractivity contribution >= 4 is 39.1 Å². The van der Waals surface area contributed by atoms with Crippen LogP contribution in [0.5, 0.6) is 0 Å². The van der Waals surface area contributed by atoms with Crippen LogP contribution >= 0.6 is 11.3 Å². The predicted molar refractivity (Wildman–Crippen MR) is 82.4 cm³/mol. The van der Waals surface area contributed by atoms with Gasteiger partial charge in [0.1, 0.15) is 0 Å². The lowest BCUT2D eigenvalue weighted by molar-refractivity contribution is -0.136. The first kappa shape index (κ1) is 13.8. The van der Waals surface area contributed by atoms with Gasteiger partial charge in [0, 0.05) is 18.8 Å². The number of carbonyl (C=O) groups is 2. The highest BCUT2D eigenvalue weighted by Crippen LogP contribution is 2.24. The Balaban J connectivity index is 1.62. The summed E-state index contributed by atoms with van der Waals surface area (Å²) >= 11 is 1.63. The maximum atomic E-state index is 12.1. The van der Waals surface area contributed by atoms with Gasteiger partial charge in [0.05, 0.1) is 28.3 Å². The van der Waals surface area contributed by atoms with E-state index >= 15 is 0 Å². The summed E-state index contributed by atoms with van der Waals surface area (Å²) in [6, 6.07) is 5.86. The third-order valence-electron chi connectivity index (χ3n) is 3.33. The number of aryl methyl sites for hydroxylation is 1. The minimum atomic E-state index is -0.101. The first-order chi connectivity index (χ1) is 10.1. The van der Waals surface area contributed by atoms with Crippen molar-refractivity contribution in [3.8, 4) is 0 Å². The molecule has 1 aromatic carbocycles. The number of hydrogen-bond donors (Lipinski definition) is 2. The van der Waals surface area contributed by atoms with E-state index in [2.05, 4.69) is 15.6 Å². The zero-order valence-corrected chi connectivity index (χ0v) is 12.5. The minimum Gasteiger partial charge on any atom is -0.376 e. The lowest BCUT2D eigenvalue weighted by atomic mass is 10.3. The van der Waals surface area contributed by atoms with Gasteiger partial charge >= 0.3 is 0 Å². The van der Waals surface area contributed by atoms with Gasteiger partial charge in [-0.1, -0.05) is 0 Å². The Morgan fingerprint density at radius 3 is 3.19 bits per heavy atom. The molecule has 110 valence electrons. The molecule has 1 fully saturated rings. The van der Waals surface area contributed by atoms with Crippen molar-refractivity contribution in [2.75, 3.05) is 31.5 Å². The van der Waals surface area contributed by atoms with Gasteiger partial charge in [0.25, 0.3) is 0 Å². The molecule has 0 unspecified atom stereocenters. The molecule has 2 heterocycles. The number of amides is 2. The molecule has 2 N–H and O–H groups in total. The van der Waals surface area contributed by atoms with E-state index in [1.165, 1.54) is 0 Å². The largest absolute Gasteiger partial charge is 0.376 e. The SMILES string of the molecule is Cc1nc2ccc(NCC(=O)N3CCNC(=O)C3)cc2s1. The Morgan fingerprint density at radius 1 is 1.52 bits per heavy atom. The van der Waals surface area contributed by atoms with Gasteiger partial charge in [-0.25, -0.2) is 4.98 Å². The number of piperazine rings is 1. The summed E-state index contributed by atoms with van der Waals surface area (Å²) < 4.78 is 1.10. The monoisotopic (exact) mass is 304 g/mol. The van der Waals surface area contributed by atoms with Crippen molar-refractivity contribution in [2.45, 2.75) is 6.92 Å². The maximum absolute atomic E-state index is 12.1. The van der Waals surface area contributed by atoms with Crippen LogP contribution in [0.15, 0.2) is 18.2 Å². The molecule has 0 atom stereocenters. The summed E-state index contributed by atoms with van der Waals surface area (Å²) in [5, 5.41) is 6.84. The molecular weight excluding hydrogens is 288 g/mol. The summed E-state index contributed by atoms with van der Waals surface area (Å²) in [6.45, 7) is 3.41. The van der Waals surface area contributed by atoms with Crippen LogP contribution in [-0.4, -0.2) is 47.9 Å². The van der Waals surface area contributed by atoms with Crippen LogP contribution in [0, 0.1) is 6.92 Å². The highest BCUT2D eigenvalue weighted by molar-refractivity contribution is 7.18. The van der Waals surface area contributed by atoms with Gasteiger partial charge in [-0.2, -0.15) is 0 Å². The number of carbonyl (C=O) groups excluding carboxylic acids is 2. The minimum absolute atomic E-state index is 0.0644. The fraction of sp³-hybridized carbons (Fsp3) is 0.357. The van der Waals surface area contributed by atoms with Crippen molar-refractivity contribution in [3.05, 3.63) is 23.2 Å². The molecule has 0 saturated carbocycles. The molecule has 6 nitrogen and oxygen atoms in total. The Hall–Kier alpha value is -2.15. The second kappa shape index (κ2) is 5.69. The molecule has 0 radical (unpaired) electrons. The average molecular weight is 304 g/mol. The Morgan fingerprint density at radius 2 is 2.38 bits per heavy atom. The summed E-state index contributed by atoms with van der Waals surface area (Å²) in [5.41, 5.74) is 1.86. The lowest BCUT2D eigenvalue weighted by Crippen LogP contribution is -2.51. The second-order valence-corrected chi connectivity index (χ2v) is 6.17. The summed E-state index contributed by atoms with van der Waals surface area (Å²) in [6.07, 6.45) is 0. The van der Waals surface area contributed by atoms with E-state index < -0.39 is 0 Å². The van der Waals surface area contributed by atoms with Gasteiger partial charge in [-0.15, -0.1) is 11.3 Å². The summed E-state index contributed by atoms with van der Waals surface area (Å²) in [4.78, 5) is 29.3. The van der Waals surface area contributed by atoms with Crippen LogP contribution in [0.3, 0.4) is 0 Å². The van der Waals surface area contributed by atoms with Crippen LogP contribution in [-0.2, 0) is 9.59 Å². The standard InChI is InChI=1S/C14H16N4O2S/c1-9-17-11-3-2-10(6-12(11)21-9)16-7-14(20)18-5-4-15-13(19)8-18/h2-3,6,16H,4-5,7-8H2,1H3,(H,15,19). The zero-order chi connectivity index (χ0) is 14.8. The van der Waals surface area contributed by atoms with Crippen molar-refractivity contribution in [3.63, 3.8) is 0 Å². The number of nitrogens with one attached hydrogen (secondary N) is 2. The highest BCUT2D eigenvalue weighted by atomic mass is 32.1. The summed E-state index contributed by atoms with van der Waals surface area (Å²) in [7, 11) is 0. The Kier molecular flexibility index (Phi) is 3.74. The normalized spacial score (nSPS) is 15.1. The van der Waals surface area contributed by atoms with Gasteiger partial charge in [-0.3, -0.25) is 9.59 Å². The Labute approximate surface area is 126 Å². The maximum Gasteiger partial charge on any atom is 0.242 e. The van der Waals surface area contributed by atoms with Gasteiger partial charge < -0.3 is 15.5 Å². The molecule has 0 spiro atoms. The molecule has 3 rings (SSSR count). The van der Waals surface area contributed by atoms with E-state index in [-0.39, 0.29) is 24.9 Å². The van der Waals surface area contributed by atoms with Crippen molar-refractivity contribution in [1.82, 2.24) is 15.2 Å². The smallest absolute Gasteiger partial charge is 0.242 e. The Bertz CT molecular complexity index is 697. The first-order valence-electron chi connectivity index (χ1n) is 6.77. The zero-order valence-electron chi connectivity index (χ0n) is 11.7. The molecule has 1 saturated heterocycles.